The van der Waals surface area contributed by atoms with Crippen LogP contribution in [0.1, 0.15) is 45.1 Å². The van der Waals surface area contributed by atoms with Gasteiger partial charge in [-0.3, -0.25) is 14.5 Å². The maximum Gasteiger partial charge on any atom is 0.325 e. The van der Waals surface area contributed by atoms with Crippen molar-refractivity contribution in [1.29, 1.82) is 0 Å². The zero-order chi connectivity index (χ0) is 21.9. The van der Waals surface area contributed by atoms with Crippen LogP contribution in [0, 0.1) is 0 Å². The summed E-state index contributed by atoms with van der Waals surface area (Å²) in [6.45, 7) is 3.82. The van der Waals surface area contributed by atoms with Crippen molar-refractivity contribution in [3.63, 3.8) is 0 Å². The minimum atomic E-state index is -3.16. The number of rotatable bonds is 8. The molecule has 164 valence electrons. The third-order valence-electron chi connectivity index (χ3n) is 5.99. The summed E-state index contributed by atoms with van der Waals surface area (Å²) >= 11 is 0. The number of imide groups is 1. The summed E-state index contributed by atoms with van der Waals surface area (Å²) in [5.74, 6) is -0.854. The van der Waals surface area contributed by atoms with E-state index in [-0.39, 0.29) is 18.1 Å². The lowest BCUT2D eigenvalue weighted by Crippen LogP contribution is -2.49. The van der Waals surface area contributed by atoms with E-state index in [1.54, 1.807) is 29.2 Å². The summed E-state index contributed by atoms with van der Waals surface area (Å²) in [5, 5.41) is 2.77. The highest BCUT2D eigenvalue weighted by Crippen LogP contribution is 2.32. The van der Waals surface area contributed by atoms with Crippen molar-refractivity contribution in [3.8, 4) is 0 Å². The zero-order valence-electron chi connectivity index (χ0n) is 17.5. The van der Waals surface area contributed by atoms with Crippen LogP contribution in [-0.4, -0.2) is 66.7 Å². The zero-order valence-corrected chi connectivity index (χ0v) is 18.3. The number of unbranched alkanes of at least 4 members (excludes halogenated alkanes) is 1. The van der Waals surface area contributed by atoms with E-state index in [9.17, 15) is 22.8 Å². The van der Waals surface area contributed by atoms with Crippen molar-refractivity contribution >= 4 is 27.7 Å². The molecular weight excluding hydrogens is 406 g/mol. The summed E-state index contributed by atoms with van der Waals surface area (Å²) in [7, 11) is -3.16. The number of carbonyl (C=O) groups is 3. The van der Waals surface area contributed by atoms with Gasteiger partial charge < -0.3 is 10.2 Å². The summed E-state index contributed by atoms with van der Waals surface area (Å²) in [6.07, 6.45) is 2.32. The van der Waals surface area contributed by atoms with Gasteiger partial charge in [-0.15, -0.1) is 0 Å². The molecule has 2 aliphatic heterocycles. The van der Waals surface area contributed by atoms with Gasteiger partial charge in [0.25, 0.3) is 5.91 Å². The highest BCUT2D eigenvalue weighted by Gasteiger charge is 2.52. The number of benzene rings is 1. The fourth-order valence-corrected chi connectivity index (χ4v) is 5.95. The first-order chi connectivity index (χ1) is 14.2. The molecule has 9 heteroatoms. The molecule has 0 spiro atoms. The van der Waals surface area contributed by atoms with E-state index in [0.29, 0.717) is 24.9 Å². The van der Waals surface area contributed by atoms with E-state index in [0.717, 1.165) is 17.7 Å². The normalized spacial score (nSPS) is 25.4. The molecule has 0 aliphatic carbocycles. The third-order valence-corrected chi connectivity index (χ3v) is 7.74. The van der Waals surface area contributed by atoms with Gasteiger partial charge in [0.2, 0.25) is 5.91 Å². The largest absolute Gasteiger partial charge is 0.337 e. The summed E-state index contributed by atoms with van der Waals surface area (Å²) in [5.41, 5.74) is -0.519. The third kappa shape index (κ3) is 4.21. The van der Waals surface area contributed by atoms with E-state index < -0.39 is 39.3 Å². The lowest BCUT2D eigenvalue weighted by molar-refractivity contribution is -0.140. The molecule has 0 unspecified atom stereocenters. The van der Waals surface area contributed by atoms with Gasteiger partial charge in [-0.05, 0) is 24.8 Å². The van der Waals surface area contributed by atoms with Crippen LogP contribution in [-0.2, 0) is 25.0 Å². The monoisotopic (exact) mass is 435 g/mol. The van der Waals surface area contributed by atoms with Crippen LogP contribution in [0.25, 0.3) is 0 Å². The molecule has 30 heavy (non-hydrogen) atoms. The van der Waals surface area contributed by atoms with Crippen molar-refractivity contribution in [3.05, 3.63) is 35.9 Å². The summed E-state index contributed by atoms with van der Waals surface area (Å²) in [6, 6.07) is 7.98. The maximum absolute atomic E-state index is 13.2. The average molecular weight is 436 g/mol. The van der Waals surface area contributed by atoms with E-state index >= 15 is 0 Å². The molecule has 1 aromatic carbocycles. The van der Waals surface area contributed by atoms with Crippen molar-refractivity contribution in [1.82, 2.24) is 15.1 Å². The number of nitrogens with zero attached hydrogens (tertiary/aromatic N) is 2. The number of hydrogen-bond acceptors (Lipinski definition) is 5. The van der Waals surface area contributed by atoms with Crippen LogP contribution in [0.15, 0.2) is 30.3 Å². The Morgan fingerprint density at radius 1 is 1.23 bits per heavy atom. The minimum Gasteiger partial charge on any atom is -0.337 e. The minimum absolute atomic E-state index is 0.0592. The highest BCUT2D eigenvalue weighted by atomic mass is 32.2. The number of hydrogen-bond donors (Lipinski definition) is 1. The molecule has 3 rings (SSSR count). The van der Waals surface area contributed by atoms with Gasteiger partial charge in [-0.1, -0.05) is 50.6 Å². The van der Waals surface area contributed by atoms with E-state index in [2.05, 4.69) is 5.32 Å². The Balaban J connectivity index is 1.80. The molecule has 2 saturated heterocycles. The Morgan fingerprint density at radius 3 is 2.50 bits per heavy atom. The second-order valence-corrected chi connectivity index (χ2v) is 10.2. The fraction of sp³-hybridized carbons (Fsp3) is 0.571. The number of nitrogens with one attached hydrogen (secondary N) is 1. The van der Waals surface area contributed by atoms with Gasteiger partial charge >= 0.3 is 6.03 Å². The maximum atomic E-state index is 13.2. The number of carbonyl (C=O) groups excluding carboxylic acids is 3. The van der Waals surface area contributed by atoms with Crippen LogP contribution in [0.2, 0.25) is 0 Å². The van der Waals surface area contributed by atoms with Crippen LogP contribution >= 0.6 is 0 Å². The predicted octanol–water partition coefficient (Wildman–Crippen LogP) is 1.66. The van der Waals surface area contributed by atoms with Crippen LogP contribution < -0.4 is 5.32 Å². The standard InChI is InChI=1S/C21H29N3O5S/c1-3-5-12-23(17-11-13-30(28,29)15-17)18(25)14-24-19(26)21(4-2,22-20(24)27)16-9-7-6-8-10-16/h6-10,17H,3-5,11-15H2,1-2H3,(H,22,27)/t17-,21-/m1/s1. The predicted molar refractivity (Wildman–Crippen MR) is 112 cm³/mol. The Morgan fingerprint density at radius 2 is 1.93 bits per heavy atom. The van der Waals surface area contributed by atoms with Gasteiger partial charge in [0.1, 0.15) is 12.1 Å². The number of urea groups is 1. The van der Waals surface area contributed by atoms with E-state index in [4.69, 9.17) is 0 Å². The Kier molecular flexibility index (Phi) is 6.50. The first kappa shape index (κ1) is 22.3. The molecule has 1 N–H and O–H groups in total. The quantitative estimate of drug-likeness (QED) is 0.626. The van der Waals surface area contributed by atoms with Crippen molar-refractivity contribution in [2.24, 2.45) is 0 Å². The molecule has 2 atom stereocenters. The van der Waals surface area contributed by atoms with E-state index in [1.165, 1.54) is 0 Å². The van der Waals surface area contributed by atoms with Crippen molar-refractivity contribution in [2.45, 2.75) is 51.1 Å². The number of sulfone groups is 1. The van der Waals surface area contributed by atoms with Crippen molar-refractivity contribution < 1.29 is 22.8 Å². The Labute approximate surface area is 177 Å². The van der Waals surface area contributed by atoms with Gasteiger partial charge in [-0.25, -0.2) is 13.2 Å². The lowest BCUT2D eigenvalue weighted by Gasteiger charge is -2.30. The Bertz CT molecular complexity index is 918. The first-order valence-corrected chi connectivity index (χ1v) is 12.3. The molecule has 2 heterocycles. The molecule has 0 saturated carbocycles. The molecular formula is C21H29N3O5S. The first-order valence-electron chi connectivity index (χ1n) is 10.4. The van der Waals surface area contributed by atoms with Gasteiger partial charge in [-0.2, -0.15) is 0 Å². The molecule has 4 amide bonds. The van der Waals surface area contributed by atoms with E-state index in [1.807, 2.05) is 19.9 Å². The topological polar surface area (TPSA) is 104 Å². The average Bonchev–Trinajstić information content (AvgIpc) is 3.20. The fourth-order valence-electron chi connectivity index (χ4n) is 4.22. The number of amides is 4. The van der Waals surface area contributed by atoms with Crippen LogP contribution in [0.4, 0.5) is 4.79 Å². The molecule has 0 bridgehead atoms. The van der Waals surface area contributed by atoms with Crippen LogP contribution in [0.5, 0.6) is 0 Å². The molecule has 0 radical (unpaired) electrons. The van der Waals surface area contributed by atoms with Gasteiger partial charge in [0.15, 0.2) is 9.84 Å². The van der Waals surface area contributed by atoms with Gasteiger partial charge in [0, 0.05) is 12.6 Å². The summed E-state index contributed by atoms with van der Waals surface area (Å²) in [4.78, 5) is 41.5. The molecule has 2 fully saturated rings. The molecule has 0 aromatic heterocycles. The molecule has 8 nitrogen and oxygen atoms in total. The SMILES string of the molecule is CCCCN(C(=O)CN1C(=O)N[C@](CC)(c2ccccc2)C1=O)[C@@H]1CCS(=O)(=O)C1. The molecule has 2 aliphatic rings. The smallest absolute Gasteiger partial charge is 0.325 e. The summed E-state index contributed by atoms with van der Waals surface area (Å²) < 4.78 is 23.8. The second kappa shape index (κ2) is 8.75. The highest BCUT2D eigenvalue weighted by molar-refractivity contribution is 7.91. The van der Waals surface area contributed by atoms with Crippen LogP contribution in [0.3, 0.4) is 0 Å². The molecule has 1 aromatic rings. The second-order valence-electron chi connectivity index (χ2n) is 7.94. The Hall–Kier alpha value is -2.42. The van der Waals surface area contributed by atoms with Crippen molar-refractivity contribution in [2.75, 3.05) is 24.6 Å². The van der Waals surface area contributed by atoms with Gasteiger partial charge in [0.05, 0.1) is 11.5 Å². The lowest BCUT2D eigenvalue weighted by atomic mass is 9.87.